The smallest absolute Gasteiger partial charge is 0.239 e. The molecule has 3 aliphatic heterocycles. The molecule has 3 fully saturated rings. The van der Waals surface area contributed by atoms with Gasteiger partial charge in [0.1, 0.15) is 11.6 Å². The Kier molecular flexibility index (Phi) is 6.23. The summed E-state index contributed by atoms with van der Waals surface area (Å²) >= 11 is 0. The molecule has 1 unspecified atom stereocenters. The number of nitrogens with zero attached hydrogens (tertiary/aromatic N) is 9. The summed E-state index contributed by atoms with van der Waals surface area (Å²) in [4.78, 5) is 40.0. The summed E-state index contributed by atoms with van der Waals surface area (Å²) < 4.78 is 9.77. The van der Waals surface area contributed by atoms with Crippen LogP contribution in [-0.2, 0) is 23.1 Å². The van der Waals surface area contributed by atoms with Crippen LogP contribution >= 0.6 is 0 Å². The summed E-state index contributed by atoms with van der Waals surface area (Å²) in [6.45, 7) is 11.0. The molecule has 210 valence electrons. The lowest BCUT2D eigenvalue weighted by Gasteiger charge is -2.29. The minimum absolute atomic E-state index is 0.311. The molecule has 1 amide bonds. The second-order valence-electron chi connectivity index (χ2n) is 11.7. The number of rotatable bonds is 5. The van der Waals surface area contributed by atoms with Crippen LogP contribution in [0.4, 0.5) is 5.82 Å². The van der Waals surface area contributed by atoms with Gasteiger partial charge in [0.05, 0.1) is 36.2 Å². The molecule has 3 aliphatic rings. The number of ether oxygens (including phenoxy) is 1. The van der Waals surface area contributed by atoms with E-state index in [9.17, 15) is 4.79 Å². The molecule has 0 bridgehead atoms. The van der Waals surface area contributed by atoms with Crippen molar-refractivity contribution in [2.45, 2.75) is 39.7 Å². The summed E-state index contributed by atoms with van der Waals surface area (Å²) in [5.41, 5.74) is 3.17. The number of anilines is 1. The lowest BCUT2D eigenvalue weighted by Crippen LogP contribution is -2.42. The van der Waals surface area contributed by atoms with Crippen molar-refractivity contribution in [3.05, 3.63) is 35.9 Å². The Morgan fingerprint density at radius 3 is 2.58 bits per heavy atom. The van der Waals surface area contributed by atoms with Crippen LogP contribution in [0.25, 0.3) is 28.1 Å². The molecule has 0 radical (unpaired) electrons. The maximum atomic E-state index is 13.3. The molecule has 6 heterocycles. The average Bonchev–Trinajstić information content (AvgIpc) is 3.76. The van der Waals surface area contributed by atoms with Crippen molar-refractivity contribution in [2.24, 2.45) is 12.5 Å². The van der Waals surface area contributed by atoms with Gasteiger partial charge in [-0.1, -0.05) is 12.1 Å². The molecule has 11 heteroatoms. The largest absolute Gasteiger partial charge is 0.378 e. The topological polar surface area (TPSA) is 97.4 Å². The molecule has 3 aromatic heterocycles. The van der Waals surface area contributed by atoms with Gasteiger partial charge in [0.15, 0.2) is 17.0 Å². The van der Waals surface area contributed by atoms with Gasteiger partial charge in [0.25, 0.3) is 0 Å². The van der Waals surface area contributed by atoms with Crippen LogP contribution < -0.4 is 4.90 Å². The Balaban J connectivity index is 1.26. The molecule has 40 heavy (non-hydrogen) atoms. The number of fused-ring (bicyclic) bond motifs is 2. The average molecular weight is 544 g/mol. The molecule has 4 aromatic rings. The van der Waals surface area contributed by atoms with Gasteiger partial charge in [-0.05, 0) is 51.8 Å². The first-order valence-electron chi connectivity index (χ1n) is 14.4. The van der Waals surface area contributed by atoms with Gasteiger partial charge in [-0.3, -0.25) is 14.3 Å². The summed E-state index contributed by atoms with van der Waals surface area (Å²) in [6.07, 6.45) is 3.12. The van der Waals surface area contributed by atoms with Crippen LogP contribution in [0.2, 0.25) is 0 Å². The first-order chi connectivity index (χ1) is 19.4. The van der Waals surface area contributed by atoms with Crippen LogP contribution in [0.5, 0.6) is 0 Å². The lowest BCUT2D eigenvalue weighted by molar-refractivity contribution is -0.139. The SMILES string of the molecule is Cc1nc2ccccc2n1-c1nc(N2CCOCC2)c2nc(CN3CCC(C)(C(=O)N4CCCC4)C3)n(C)c2n1. The quantitative estimate of drug-likeness (QED) is 0.379. The fraction of sp³-hybridized carbons (Fsp3) is 0.552. The molecule has 11 nitrogen and oxygen atoms in total. The molecule has 0 saturated carbocycles. The number of imidazole rings is 2. The van der Waals surface area contributed by atoms with Crippen molar-refractivity contribution >= 4 is 33.9 Å². The fourth-order valence-electron chi connectivity index (χ4n) is 6.58. The molecule has 1 aromatic carbocycles. The number of carbonyl (C=O) groups is 1. The Labute approximate surface area is 233 Å². The highest BCUT2D eigenvalue weighted by atomic mass is 16.5. The van der Waals surface area contributed by atoms with Crippen molar-refractivity contribution in [1.29, 1.82) is 0 Å². The van der Waals surface area contributed by atoms with Gasteiger partial charge in [-0.15, -0.1) is 0 Å². The van der Waals surface area contributed by atoms with Gasteiger partial charge in [0, 0.05) is 39.8 Å². The number of amides is 1. The zero-order chi connectivity index (χ0) is 27.4. The predicted octanol–water partition coefficient (Wildman–Crippen LogP) is 2.68. The number of hydrogen-bond donors (Lipinski definition) is 0. The van der Waals surface area contributed by atoms with Gasteiger partial charge in [-0.25, -0.2) is 9.97 Å². The third kappa shape index (κ3) is 4.23. The van der Waals surface area contributed by atoms with Crippen molar-refractivity contribution in [3.63, 3.8) is 0 Å². The number of morpholine rings is 1. The van der Waals surface area contributed by atoms with Gasteiger partial charge in [-0.2, -0.15) is 9.97 Å². The van der Waals surface area contributed by atoms with Gasteiger partial charge < -0.3 is 19.1 Å². The summed E-state index contributed by atoms with van der Waals surface area (Å²) in [6, 6.07) is 8.08. The molecule has 3 saturated heterocycles. The number of aromatic nitrogens is 6. The Hall–Kier alpha value is -3.57. The first-order valence-corrected chi connectivity index (χ1v) is 14.4. The van der Waals surface area contributed by atoms with E-state index >= 15 is 0 Å². The number of hydrogen-bond acceptors (Lipinski definition) is 8. The lowest BCUT2D eigenvalue weighted by atomic mass is 9.88. The Morgan fingerprint density at radius 1 is 1.00 bits per heavy atom. The van der Waals surface area contributed by atoms with E-state index in [1.54, 1.807) is 0 Å². The molecule has 1 atom stereocenters. The highest BCUT2D eigenvalue weighted by Crippen LogP contribution is 2.35. The Bertz CT molecular complexity index is 1580. The highest BCUT2D eigenvalue weighted by molar-refractivity contribution is 5.86. The van der Waals surface area contributed by atoms with Crippen LogP contribution in [0.3, 0.4) is 0 Å². The molecule has 0 N–H and O–H groups in total. The van der Waals surface area contributed by atoms with Crippen molar-refractivity contribution in [2.75, 3.05) is 57.4 Å². The zero-order valence-corrected chi connectivity index (χ0v) is 23.6. The molecule has 7 rings (SSSR count). The minimum Gasteiger partial charge on any atom is -0.378 e. The van der Waals surface area contributed by atoms with E-state index in [1.807, 2.05) is 36.7 Å². The van der Waals surface area contributed by atoms with E-state index < -0.39 is 0 Å². The second kappa shape index (κ2) is 9.81. The van der Waals surface area contributed by atoms with E-state index in [-0.39, 0.29) is 5.41 Å². The second-order valence-corrected chi connectivity index (χ2v) is 11.7. The third-order valence-electron chi connectivity index (χ3n) is 8.85. The molecular formula is C29H37N9O2. The fourth-order valence-corrected chi connectivity index (χ4v) is 6.58. The van der Waals surface area contributed by atoms with E-state index in [0.717, 1.165) is 98.2 Å². The third-order valence-corrected chi connectivity index (χ3v) is 8.85. The van der Waals surface area contributed by atoms with Gasteiger partial charge >= 0.3 is 0 Å². The normalized spacial score (nSPS) is 22.3. The van der Waals surface area contributed by atoms with Crippen LogP contribution in [0.15, 0.2) is 24.3 Å². The standard InChI is InChI=1S/C29H37N9O2/c1-20-30-21-8-4-5-9-22(21)38(20)28-32-25-24(26(33-28)36-14-16-40-17-15-36)31-23(34(25)3)18-35-13-10-29(2,19-35)27(39)37-11-6-7-12-37/h4-5,8-9H,6-7,10-19H2,1-3H3. The van der Waals surface area contributed by atoms with Crippen molar-refractivity contribution in [3.8, 4) is 5.95 Å². The number of benzene rings is 1. The number of aryl methyl sites for hydroxylation is 2. The van der Waals surface area contributed by atoms with E-state index in [1.165, 1.54) is 0 Å². The summed E-state index contributed by atoms with van der Waals surface area (Å²) in [5, 5.41) is 0. The van der Waals surface area contributed by atoms with Crippen molar-refractivity contribution in [1.82, 2.24) is 38.9 Å². The monoisotopic (exact) mass is 543 g/mol. The number of likely N-dealkylation sites (tertiary alicyclic amines) is 2. The highest BCUT2D eigenvalue weighted by Gasteiger charge is 2.43. The van der Waals surface area contributed by atoms with Gasteiger partial charge in [0.2, 0.25) is 11.9 Å². The first kappa shape index (κ1) is 25.4. The predicted molar refractivity (Wildman–Crippen MR) is 153 cm³/mol. The maximum absolute atomic E-state index is 13.3. The summed E-state index contributed by atoms with van der Waals surface area (Å²) in [7, 11) is 2.04. The van der Waals surface area contributed by atoms with Crippen molar-refractivity contribution < 1.29 is 9.53 Å². The number of carbonyl (C=O) groups excluding carboxylic acids is 1. The number of para-hydroxylation sites is 2. The maximum Gasteiger partial charge on any atom is 0.239 e. The molecular weight excluding hydrogens is 506 g/mol. The van der Waals surface area contributed by atoms with E-state index in [4.69, 9.17) is 24.7 Å². The minimum atomic E-state index is -0.332. The van der Waals surface area contributed by atoms with Crippen LogP contribution in [0, 0.1) is 12.3 Å². The van der Waals surface area contributed by atoms with E-state index in [0.29, 0.717) is 31.6 Å². The summed E-state index contributed by atoms with van der Waals surface area (Å²) in [5.74, 6) is 3.51. The Morgan fingerprint density at radius 2 is 1.77 bits per heavy atom. The van der Waals surface area contributed by atoms with E-state index in [2.05, 4.69) is 32.3 Å². The molecule has 0 aliphatic carbocycles. The van der Waals surface area contributed by atoms with Crippen LogP contribution in [-0.4, -0.2) is 97.3 Å². The molecule has 0 spiro atoms. The van der Waals surface area contributed by atoms with Crippen LogP contribution in [0.1, 0.15) is 37.8 Å². The zero-order valence-electron chi connectivity index (χ0n) is 23.6.